The van der Waals surface area contributed by atoms with Crippen molar-refractivity contribution in [2.24, 2.45) is 5.73 Å². The molecule has 1 aromatic heterocycles. The van der Waals surface area contributed by atoms with Crippen molar-refractivity contribution < 1.29 is 9.90 Å². The van der Waals surface area contributed by atoms with Gasteiger partial charge in [0.15, 0.2) is 0 Å². The van der Waals surface area contributed by atoms with E-state index in [2.05, 4.69) is 4.98 Å². The zero-order chi connectivity index (χ0) is 13.8. The summed E-state index contributed by atoms with van der Waals surface area (Å²) in [4.78, 5) is 16.6. The molecule has 1 aromatic rings. The quantitative estimate of drug-likeness (QED) is 0.854. The maximum Gasteiger partial charge on any atom is 0.407 e. The molecular formula is C13H21N3O2. The van der Waals surface area contributed by atoms with E-state index in [1.165, 1.54) is 4.90 Å². The lowest BCUT2D eigenvalue weighted by Crippen LogP contribution is -2.50. The number of nitrogens with two attached hydrogens (primary N) is 1. The van der Waals surface area contributed by atoms with Crippen LogP contribution in [0, 0.1) is 0 Å². The first-order chi connectivity index (χ1) is 8.30. The maximum atomic E-state index is 11.2. The van der Waals surface area contributed by atoms with Crippen molar-refractivity contribution in [2.45, 2.75) is 38.8 Å². The van der Waals surface area contributed by atoms with E-state index in [0.29, 0.717) is 13.0 Å². The standard InChI is InChI=1S/C13H21N3O2/c1-13(2,3)16(12(17)18)9-11(14)7-10-5-4-6-15-8-10/h4-6,8,11H,7,9,14H2,1-3H3,(H,17,18)/t11-/m0/s1. The van der Waals surface area contributed by atoms with Gasteiger partial charge in [-0.3, -0.25) is 4.98 Å². The van der Waals surface area contributed by atoms with Crippen LogP contribution in [0.5, 0.6) is 0 Å². The Morgan fingerprint density at radius 1 is 1.56 bits per heavy atom. The molecule has 0 aromatic carbocycles. The van der Waals surface area contributed by atoms with E-state index >= 15 is 0 Å². The van der Waals surface area contributed by atoms with Gasteiger partial charge in [0.1, 0.15) is 0 Å². The summed E-state index contributed by atoms with van der Waals surface area (Å²) in [7, 11) is 0. The van der Waals surface area contributed by atoms with Crippen molar-refractivity contribution in [2.75, 3.05) is 6.54 Å². The largest absolute Gasteiger partial charge is 0.465 e. The molecule has 18 heavy (non-hydrogen) atoms. The van der Waals surface area contributed by atoms with Gasteiger partial charge in [-0.25, -0.2) is 4.79 Å². The van der Waals surface area contributed by atoms with E-state index in [-0.39, 0.29) is 6.04 Å². The Kier molecular flexibility index (Phi) is 4.67. The minimum Gasteiger partial charge on any atom is -0.465 e. The van der Waals surface area contributed by atoms with Crippen LogP contribution in [0.4, 0.5) is 4.79 Å². The van der Waals surface area contributed by atoms with Gasteiger partial charge in [-0.2, -0.15) is 0 Å². The highest BCUT2D eigenvalue weighted by molar-refractivity contribution is 5.66. The third kappa shape index (κ3) is 4.33. The molecule has 5 heteroatoms. The fourth-order valence-electron chi connectivity index (χ4n) is 1.76. The zero-order valence-corrected chi connectivity index (χ0v) is 11.1. The molecule has 1 atom stereocenters. The molecule has 1 amide bonds. The third-order valence-corrected chi connectivity index (χ3v) is 2.68. The highest BCUT2D eigenvalue weighted by Crippen LogP contribution is 2.14. The van der Waals surface area contributed by atoms with Gasteiger partial charge in [-0.05, 0) is 38.8 Å². The molecule has 0 unspecified atom stereocenters. The number of aromatic nitrogens is 1. The van der Waals surface area contributed by atoms with Crippen molar-refractivity contribution in [3.05, 3.63) is 30.1 Å². The predicted octanol–water partition coefficient (Wildman–Crippen LogP) is 1.73. The molecule has 0 fully saturated rings. The van der Waals surface area contributed by atoms with E-state index in [1.807, 2.05) is 32.9 Å². The number of rotatable bonds is 4. The average Bonchev–Trinajstić information content (AvgIpc) is 2.25. The number of hydrogen-bond acceptors (Lipinski definition) is 3. The molecule has 1 heterocycles. The Morgan fingerprint density at radius 2 is 2.22 bits per heavy atom. The third-order valence-electron chi connectivity index (χ3n) is 2.68. The van der Waals surface area contributed by atoms with Crippen LogP contribution in [0.3, 0.4) is 0 Å². The molecule has 0 bridgehead atoms. The Morgan fingerprint density at radius 3 is 2.67 bits per heavy atom. The normalized spacial score (nSPS) is 13.1. The summed E-state index contributed by atoms with van der Waals surface area (Å²) < 4.78 is 0. The van der Waals surface area contributed by atoms with Gasteiger partial charge in [0.2, 0.25) is 0 Å². The van der Waals surface area contributed by atoms with Gasteiger partial charge in [-0.15, -0.1) is 0 Å². The Bertz CT molecular complexity index is 387. The monoisotopic (exact) mass is 251 g/mol. The minimum absolute atomic E-state index is 0.232. The second kappa shape index (κ2) is 5.82. The maximum absolute atomic E-state index is 11.2. The first-order valence-corrected chi connectivity index (χ1v) is 5.95. The van der Waals surface area contributed by atoms with Crippen LogP contribution in [0.15, 0.2) is 24.5 Å². The van der Waals surface area contributed by atoms with Crippen LogP contribution in [0.25, 0.3) is 0 Å². The smallest absolute Gasteiger partial charge is 0.407 e. The first kappa shape index (κ1) is 14.4. The molecule has 5 nitrogen and oxygen atoms in total. The zero-order valence-electron chi connectivity index (χ0n) is 11.1. The second-order valence-electron chi connectivity index (χ2n) is 5.39. The molecule has 0 radical (unpaired) electrons. The SMILES string of the molecule is CC(C)(C)N(C[C@@H](N)Cc1cccnc1)C(=O)O. The number of carboxylic acid groups (broad SMARTS) is 1. The topological polar surface area (TPSA) is 79.5 Å². The predicted molar refractivity (Wildman–Crippen MR) is 70.4 cm³/mol. The lowest BCUT2D eigenvalue weighted by atomic mass is 10.0. The van der Waals surface area contributed by atoms with E-state index < -0.39 is 11.6 Å². The van der Waals surface area contributed by atoms with E-state index in [1.54, 1.807) is 12.4 Å². The molecule has 0 saturated carbocycles. The summed E-state index contributed by atoms with van der Waals surface area (Å²) in [6, 6.07) is 3.56. The van der Waals surface area contributed by atoms with Crippen LogP contribution >= 0.6 is 0 Å². The van der Waals surface area contributed by atoms with Crippen LogP contribution in [0.2, 0.25) is 0 Å². The molecule has 0 spiro atoms. The van der Waals surface area contributed by atoms with Crippen molar-refractivity contribution in [1.82, 2.24) is 9.88 Å². The molecule has 0 aliphatic carbocycles. The van der Waals surface area contributed by atoms with Crippen molar-refractivity contribution in [3.8, 4) is 0 Å². The Balaban J connectivity index is 2.63. The van der Waals surface area contributed by atoms with Crippen molar-refractivity contribution in [3.63, 3.8) is 0 Å². The van der Waals surface area contributed by atoms with Gasteiger partial charge in [0.05, 0.1) is 0 Å². The lowest BCUT2D eigenvalue weighted by Gasteiger charge is -2.35. The average molecular weight is 251 g/mol. The summed E-state index contributed by atoms with van der Waals surface area (Å²) in [5.74, 6) is 0. The summed E-state index contributed by atoms with van der Waals surface area (Å²) in [5, 5.41) is 9.18. The van der Waals surface area contributed by atoms with Gasteiger partial charge in [0, 0.05) is 30.5 Å². The number of carbonyl (C=O) groups is 1. The number of pyridine rings is 1. The molecule has 0 aliphatic rings. The molecule has 0 aliphatic heterocycles. The first-order valence-electron chi connectivity index (χ1n) is 5.95. The fraction of sp³-hybridized carbons (Fsp3) is 0.538. The summed E-state index contributed by atoms with van der Waals surface area (Å²) in [5.41, 5.74) is 6.58. The molecule has 1 rings (SSSR count). The highest BCUT2D eigenvalue weighted by Gasteiger charge is 2.27. The van der Waals surface area contributed by atoms with Crippen molar-refractivity contribution >= 4 is 6.09 Å². The van der Waals surface area contributed by atoms with Gasteiger partial charge < -0.3 is 15.7 Å². The summed E-state index contributed by atoms with van der Waals surface area (Å²) >= 11 is 0. The number of nitrogens with zero attached hydrogens (tertiary/aromatic N) is 2. The fourth-order valence-corrected chi connectivity index (χ4v) is 1.76. The van der Waals surface area contributed by atoms with Crippen LogP contribution in [0.1, 0.15) is 26.3 Å². The molecule has 100 valence electrons. The van der Waals surface area contributed by atoms with Crippen LogP contribution in [-0.2, 0) is 6.42 Å². The van der Waals surface area contributed by atoms with Gasteiger partial charge >= 0.3 is 6.09 Å². The summed E-state index contributed by atoms with van der Waals surface area (Å²) in [6.07, 6.45) is 3.13. The molecule has 0 saturated heterocycles. The summed E-state index contributed by atoms with van der Waals surface area (Å²) in [6.45, 7) is 5.89. The second-order valence-corrected chi connectivity index (χ2v) is 5.39. The van der Waals surface area contributed by atoms with Gasteiger partial charge in [-0.1, -0.05) is 6.07 Å². The van der Waals surface area contributed by atoms with Crippen molar-refractivity contribution in [1.29, 1.82) is 0 Å². The minimum atomic E-state index is -0.941. The van der Waals surface area contributed by atoms with Gasteiger partial charge in [0.25, 0.3) is 0 Å². The highest BCUT2D eigenvalue weighted by atomic mass is 16.4. The molecule has 3 N–H and O–H groups in total. The lowest BCUT2D eigenvalue weighted by molar-refractivity contribution is 0.0960. The van der Waals surface area contributed by atoms with Crippen LogP contribution < -0.4 is 5.73 Å². The van der Waals surface area contributed by atoms with E-state index in [9.17, 15) is 9.90 Å². The van der Waals surface area contributed by atoms with E-state index in [0.717, 1.165) is 5.56 Å². The number of amides is 1. The number of hydrogen-bond donors (Lipinski definition) is 2. The molecular weight excluding hydrogens is 230 g/mol. The Hall–Kier alpha value is -1.62. The Labute approximate surface area is 108 Å². The van der Waals surface area contributed by atoms with Crippen LogP contribution in [-0.4, -0.2) is 39.2 Å². The van der Waals surface area contributed by atoms with E-state index in [4.69, 9.17) is 5.73 Å².